The molecule has 1 atom stereocenters. The Kier molecular flexibility index (Phi) is 4.36. The zero-order valence-electron chi connectivity index (χ0n) is 14.9. The zero-order chi connectivity index (χ0) is 18.3. The van der Waals surface area contributed by atoms with Crippen molar-refractivity contribution in [3.05, 3.63) is 45.8 Å². The van der Waals surface area contributed by atoms with E-state index in [0.717, 1.165) is 16.9 Å². The highest BCUT2D eigenvalue weighted by Crippen LogP contribution is 2.22. The van der Waals surface area contributed by atoms with Crippen LogP contribution < -0.4 is 5.56 Å². The molecule has 3 aromatic rings. The molecule has 0 aliphatic carbocycles. The zero-order valence-corrected chi connectivity index (χ0v) is 15.7. The second-order valence-corrected chi connectivity index (χ2v) is 7.65. The highest BCUT2D eigenvalue weighted by atomic mass is 32.1. The van der Waals surface area contributed by atoms with Crippen LogP contribution in [0.3, 0.4) is 0 Å². The average molecular weight is 371 g/mol. The first-order valence-corrected chi connectivity index (χ1v) is 9.65. The van der Waals surface area contributed by atoms with Gasteiger partial charge in [0.05, 0.1) is 11.8 Å². The van der Waals surface area contributed by atoms with Crippen molar-refractivity contribution in [1.29, 1.82) is 0 Å². The molecule has 136 valence electrons. The van der Waals surface area contributed by atoms with Crippen molar-refractivity contribution < 1.29 is 4.79 Å². The van der Waals surface area contributed by atoms with E-state index in [1.165, 1.54) is 11.3 Å². The van der Waals surface area contributed by atoms with Crippen LogP contribution in [-0.4, -0.2) is 43.0 Å². The number of amides is 1. The molecule has 4 rings (SSSR count). The lowest BCUT2D eigenvalue weighted by Crippen LogP contribution is -2.35. The van der Waals surface area contributed by atoms with Crippen molar-refractivity contribution in [1.82, 2.24) is 24.0 Å². The largest absolute Gasteiger partial charge is 0.340 e. The Hall–Kier alpha value is -2.48. The molecule has 0 spiro atoms. The lowest BCUT2D eigenvalue weighted by Gasteiger charge is -2.22. The fourth-order valence-corrected chi connectivity index (χ4v) is 4.35. The summed E-state index contributed by atoms with van der Waals surface area (Å²) in [5, 5.41) is 1.98. The number of imidazole rings is 1. The molecule has 1 amide bonds. The summed E-state index contributed by atoms with van der Waals surface area (Å²) in [6.45, 7) is 5.62. The summed E-state index contributed by atoms with van der Waals surface area (Å²) in [7, 11) is 0. The van der Waals surface area contributed by atoms with E-state index in [2.05, 4.69) is 4.98 Å². The summed E-state index contributed by atoms with van der Waals surface area (Å²) < 4.78 is 4.39. The van der Waals surface area contributed by atoms with Crippen molar-refractivity contribution >= 4 is 27.5 Å². The molecule has 0 saturated carbocycles. The Morgan fingerprint density at radius 3 is 2.96 bits per heavy atom. The quantitative estimate of drug-likeness (QED) is 0.706. The van der Waals surface area contributed by atoms with Gasteiger partial charge in [-0.25, -0.2) is 9.97 Å². The monoisotopic (exact) mass is 371 g/mol. The van der Waals surface area contributed by atoms with Crippen molar-refractivity contribution in [2.75, 3.05) is 13.1 Å². The molecular weight excluding hydrogens is 350 g/mol. The SMILES string of the molecule is Cc1csc2c(=O)n3c(nc12)CCN(C(=O)C[C@H](C)n1ccnc1)CC3. The molecule has 8 heteroatoms. The Bertz CT molecular complexity index is 1000. The maximum atomic E-state index is 12.8. The molecule has 0 N–H and O–H groups in total. The molecule has 0 saturated heterocycles. The van der Waals surface area contributed by atoms with E-state index in [4.69, 9.17) is 4.98 Å². The predicted octanol–water partition coefficient (Wildman–Crippen LogP) is 2.00. The first-order chi connectivity index (χ1) is 12.5. The van der Waals surface area contributed by atoms with Crippen LogP contribution >= 0.6 is 11.3 Å². The van der Waals surface area contributed by atoms with E-state index < -0.39 is 0 Å². The van der Waals surface area contributed by atoms with Crippen LogP contribution in [-0.2, 0) is 17.8 Å². The summed E-state index contributed by atoms with van der Waals surface area (Å²) in [6, 6.07) is 0.0597. The van der Waals surface area contributed by atoms with Crippen LogP contribution in [0.15, 0.2) is 28.9 Å². The van der Waals surface area contributed by atoms with E-state index >= 15 is 0 Å². The molecule has 1 aliphatic rings. The minimum absolute atomic E-state index is 0.0178. The maximum absolute atomic E-state index is 12.8. The number of rotatable bonds is 3. The van der Waals surface area contributed by atoms with Crippen LogP contribution in [0.1, 0.15) is 30.8 Å². The Labute approximate surface area is 154 Å². The Balaban J connectivity index is 1.53. The smallest absolute Gasteiger partial charge is 0.271 e. The van der Waals surface area contributed by atoms with Crippen LogP contribution in [0.2, 0.25) is 0 Å². The molecule has 3 aromatic heterocycles. The van der Waals surface area contributed by atoms with Crippen molar-refractivity contribution in [3.8, 4) is 0 Å². The van der Waals surface area contributed by atoms with E-state index in [-0.39, 0.29) is 17.5 Å². The maximum Gasteiger partial charge on any atom is 0.271 e. The normalized spacial score (nSPS) is 15.7. The second kappa shape index (κ2) is 6.68. The molecular formula is C18H21N5O2S. The minimum atomic E-state index is 0.0178. The Morgan fingerprint density at radius 1 is 1.35 bits per heavy atom. The molecule has 7 nitrogen and oxygen atoms in total. The summed E-state index contributed by atoms with van der Waals surface area (Å²) in [4.78, 5) is 36.1. The number of nitrogens with zero attached hydrogens (tertiary/aromatic N) is 5. The van der Waals surface area contributed by atoms with Gasteiger partial charge in [0.2, 0.25) is 5.91 Å². The summed E-state index contributed by atoms with van der Waals surface area (Å²) in [6.07, 6.45) is 6.34. The summed E-state index contributed by atoms with van der Waals surface area (Å²) in [5.74, 6) is 0.881. The third-order valence-corrected chi connectivity index (χ3v) is 6.06. The standard InChI is InChI=1S/C18H21N5O2S/c1-12-10-26-17-16(12)20-14-3-5-21(7-8-23(14)18(17)25)15(24)9-13(2)22-6-4-19-11-22/h4,6,10-11,13H,3,5,7-9H2,1-2H3/t13-/m0/s1. The van der Waals surface area contributed by atoms with Gasteiger partial charge in [0.25, 0.3) is 5.56 Å². The third-order valence-electron chi connectivity index (χ3n) is 4.99. The molecule has 0 unspecified atom stereocenters. The first-order valence-electron chi connectivity index (χ1n) is 8.77. The first kappa shape index (κ1) is 17.0. The van der Waals surface area contributed by atoms with Crippen molar-refractivity contribution in [3.63, 3.8) is 0 Å². The lowest BCUT2D eigenvalue weighted by atomic mass is 10.2. The summed E-state index contributed by atoms with van der Waals surface area (Å²) in [5.41, 5.74) is 1.86. The van der Waals surface area contributed by atoms with Gasteiger partial charge in [-0.05, 0) is 24.8 Å². The van der Waals surface area contributed by atoms with Gasteiger partial charge in [-0.2, -0.15) is 0 Å². The molecule has 0 fully saturated rings. The number of carbonyl (C=O) groups excluding carboxylic acids is 1. The average Bonchev–Trinajstić information content (AvgIpc) is 3.22. The molecule has 0 radical (unpaired) electrons. The molecule has 0 aromatic carbocycles. The number of fused-ring (bicyclic) bond motifs is 2. The Morgan fingerprint density at radius 2 is 2.19 bits per heavy atom. The van der Waals surface area contributed by atoms with Gasteiger partial charge in [0, 0.05) is 50.9 Å². The van der Waals surface area contributed by atoms with Gasteiger partial charge in [-0.1, -0.05) is 0 Å². The van der Waals surface area contributed by atoms with Gasteiger partial charge in [-0.3, -0.25) is 14.2 Å². The van der Waals surface area contributed by atoms with Crippen molar-refractivity contribution in [2.24, 2.45) is 0 Å². The van der Waals surface area contributed by atoms with Gasteiger partial charge >= 0.3 is 0 Å². The second-order valence-electron chi connectivity index (χ2n) is 6.78. The highest BCUT2D eigenvalue weighted by molar-refractivity contribution is 7.17. The topological polar surface area (TPSA) is 73.0 Å². The van der Waals surface area contributed by atoms with Crippen LogP contribution in [0, 0.1) is 6.92 Å². The lowest BCUT2D eigenvalue weighted by molar-refractivity contribution is -0.131. The third kappa shape index (κ3) is 2.94. The number of thiophene rings is 1. The van der Waals surface area contributed by atoms with E-state index in [0.29, 0.717) is 37.2 Å². The van der Waals surface area contributed by atoms with E-state index in [1.54, 1.807) is 17.1 Å². The molecule has 0 bridgehead atoms. The van der Waals surface area contributed by atoms with E-state index in [9.17, 15) is 9.59 Å². The predicted molar refractivity (Wildman–Crippen MR) is 100 cm³/mol. The van der Waals surface area contributed by atoms with E-state index in [1.807, 2.05) is 34.9 Å². The van der Waals surface area contributed by atoms with Crippen LogP contribution in [0.5, 0.6) is 0 Å². The van der Waals surface area contributed by atoms with Gasteiger partial charge < -0.3 is 9.47 Å². The number of aryl methyl sites for hydroxylation is 1. The number of hydrogen-bond acceptors (Lipinski definition) is 5. The van der Waals surface area contributed by atoms with Crippen LogP contribution in [0.4, 0.5) is 0 Å². The number of carbonyl (C=O) groups is 1. The van der Waals surface area contributed by atoms with Gasteiger partial charge in [0.1, 0.15) is 10.5 Å². The highest BCUT2D eigenvalue weighted by Gasteiger charge is 2.23. The number of hydrogen-bond donors (Lipinski definition) is 0. The fraction of sp³-hybridized carbons (Fsp3) is 0.444. The van der Waals surface area contributed by atoms with Crippen molar-refractivity contribution in [2.45, 2.75) is 39.3 Å². The van der Waals surface area contributed by atoms with Gasteiger partial charge in [-0.15, -0.1) is 11.3 Å². The number of aromatic nitrogens is 4. The molecule has 4 heterocycles. The van der Waals surface area contributed by atoms with Crippen LogP contribution in [0.25, 0.3) is 10.2 Å². The minimum Gasteiger partial charge on any atom is -0.340 e. The molecule has 26 heavy (non-hydrogen) atoms. The summed E-state index contributed by atoms with van der Waals surface area (Å²) >= 11 is 1.45. The fourth-order valence-electron chi connectivity index (χ4n) is 3.41. The molecule has 1 aliphatic heterocycles. The van der Waals surface area contributed by atoms with Gasteiger partial charge in [0.15, 0.2) is 0 Å².